The number of aliphatic carboxylic acids is 1. The molecule has 0 aliphatic carbocycles. The SMILES string of the molecule is CCCCCCCCCCCC(=O)O.CCCCCCCCN=c1ccn(CCCCCCCCCCn2ccc(=NCCCCCCCC)cc2)cc1. The van der Waals surface area contributed by atoms with Gasteiger partial charge >= 0.3 is 5.97 Å². The van der Waals surface area contributed by atoms with Crippen LogP contribution in [0.3, 0.4) is 0 Å². The second-order valence-corrected chi connectivity index (χ2v) is 15.7. The van der Waals surface area contributed by atoms with Crippen molar-refractivity contribution in [2.45, 2.75) is 226 Å². The second kappa shape index (κ2) is 38.6. The molecule has 6 nitrogen and oxygen atoms in total. The van der Waals surface area contributed by atoms with Gasteiger partial charge < -0.3 is 14.2 Å². The second-order valence-electron chi connectivity index (χ2n) is 15.7. The Kier molecular flexibility index (Phi) is 35.3. The summed E-state index contributed by atoms with van der Waals surface area (Å²) in [4.78, 5) is 19.7. The molecule has 2 heterocycles. The van der Waals surface area contributed by atoms with E-state index < -0.39 is 5.97 Å². The largest absolute Gasteiger partial charge is 0.481 e. The molecule has 0 saturated carbocycles. The third-order valence-electron chi connectivity index (χ3n) is 10.4. The summed E-state index contributed by atoms with van der Waals surface area (Å²) in [5.74, 6) is -0.659. The summed E-state index contributed by atoms with van der Waals surface area (Å²) in [6.45, 7) is 11.0. The minimum atomic E-state index is -0.659. The lowest BCUT2D eigenvalue weighted by atomic mass is 10.1. The van der Waals surface area contributed by atoms with Gasteiger partial charge in [-0.3, -0.25) is 14.8 Å². The fourth-order valence-corrected chi connectivity index (χ4v) is 6.84. The van der Waals surface area contributed by atoms with E-state index in [-0.39, 0.29) is 0 Å². The van der Waals surface area contributed by atoms with Crippen LogP contribution in [-0.2, 0) is 17.9 Å². The van der Waals surface area contributed by atoms with Crippen molar-refractivity contribution in [2.24, 2.45) is 9.98 Å². The highest BCUT2D eigenvalue weighted by Crippen LogP contribution is 2.12. The fraction of sp³-hybridized carbons (Fsp3) is 0.771. The van der Waals surface area contributed by atoms with Crippen LogP contribution in [0.25, 0.3) is 0 Å². The van der Waals surface area contributed by atoms with Crippen LogP contribution in [0.1, 0.15) is 213 Å². The summed E-state index contributed by atoms with van der Waals surface area (Å²) >= 11 is 0. The Morgan fingerprint density at radius 1 is 0.426 bits per heavy atom. The zero-order chi connectivity index (χ0) is 39.0. The number of rotatable bonds is 35. The van der Waals surface area contributed by atoms with Crippen molar-refractivity contribution < 1.29 is 9.90 Å². The van der Waals surface area contributed by atoms with Gasteiger partial charge in [-0.2, -0.15) is 0 Å². The zero-order valence-electron chi connectivity index (χ0n) is 35.8. The molecular weight excluding hydrogens is 665 g/mol. The number of nitrogens with zero attached hydrogens (tertiary/aromatic N) is 4. The Bertz CT molecular complexity index is 1110. The van der Waals surface area contributed by atoms with E-state index >= 15 is 0 Å². The van der Waals surface area contributed by atoms with Crippen LogP contribution < -0.4 is 10.7 Å². The minimum Gasteiger partial charge on any atom is -0.481 e. The summed E-state index contributed by atoms with van der Waals surface area (Å²) in [5.41, 5.74) is 0. The summed E-state index contributed by atoms with van der Waals surface area (Å²) in [5, 5.41) is 10.7. The van der Waals surface area contributed by atoms with Crippen LogP contribution in [0.15, 0.2) is 59.0 Å². The highest BCUT2D eigenvalue weighted by atomic mass is 16.4. The minimum absolute atomic E-state index is 0.343. The van der Waals surface area contributed by atoms with Gasteiger partial charge in [0.1, 0.15) is 0 Å². The maximum absolute atomic E-state index is 10.2. The Morgan fingerprint density at radius 2 is 0.704 bits per heavy atom. The monoisotopic (exact) mass is 751 g/mol. The van der Waals surface area contributed by atoms with Gasteiger partial charge in [-0.1, -0.05) is 175 Å². The first-order chi connectivity index (χ1) is 26.6. The van der Waals surface area contributed by atoms with Crippen molar-refractivity contribution in [3.63, 3.8) is 0 Å². The fourth-order valence-electron chi connectivity index (χ4n) is 6.84. The maximum Gasteiger partial charge on any atom is 0.303 e. The van der Waals surface area contributed by atoms with E-state index in [2.05, 4.69) is 79.0 Å². The van der Waals surface area contributed by atoms with Crippen molar-refractivity contribution in [3.8, 4) is 0 Å². The van der Waals surface area contributed by atoms with Gasteiger partial charge in [0.05, 0.1) is 10.7 Å². The number of carboxylic acid groups (broad SMARTS) is 1. The smallest absolute Gasteiger partial charge is 0.303 e. The molecule has 2 rings (SSSR count). The molecule has 0 aliphatic rings. The lowest BCUT2D eigenvalue weighted by molar-refractivity contribution is -0.137. The number of aryl methyl sites for hydroxylation is 2. The first-order valence-corrected chi connectivity index (χ1v) is 23.1. The Labute approximate surface area is 333 Å². The van der Waals surface area contributed by atoms with Gasteiger partial charge in [0.25, 0.3) is 0 Å². The maximum atomic E-state index is 10.2. The predicted octanol–water partition coefficient (Wildman–Crippen LogP) is 13.6. The van der Waals surface area contributed by atoms with Gasteiger partial charge in [0, 0.05) is 57.4 Å². The molecule has 0 unspecified atom stereocenters. The molecule has 0 spiro atoms. The molecular formula is C48H86N4O2. The Balaban J connectivity index is 0.000000878. The van der Waals surface area contributed by atoms with Gasteiger partial charge in [-0.25, -0.2) is 0 Å². The number of pyridine rings is 2. The first-order valence-electron chi connectivity index (χ1n) is 23.1. The normalized spacial score (nSPS) is 10.9. The molecule has 0 amide bonds. The van der Waals surface area contributed by atoms with Crippen molar-refractivity contribution >= 4 is 5.97 Å². The molecule has 0 radical (unpaired) electrons. The topological polar surface area (TPSA) is 71.9 Å². The van der Waals surface area contributed by atoms with Crippen molar-refractivity contribution in [3.05, 3.63) is 59.8 Å². The third kappa shape index (κ3) is 32.8. The molecule has 2 aromatic rings. The van der Waals surface area contributed by atoms with E-state index in [9.17, 15) is 4.79 Å². The van der Waals surface area contributed by atoms with E-state index in [0.29, 0.717) is 6.42 Å². The first kappa shape index (κ1) is 49.4. The van der Waals surface area contributed by atoms with E-state index in [4.69, 9.17) is 15.1 Å². The molecule has 0 aromatic carbocycles. The van der Waals surface area contributed by atoms with Gasteiger partial charge in [0.15, 0.2) is 0 Å². The molecule has 6 heteroatoms. The van der Waals surface area contributed by atoms with Crippen LogP contribution in [0, 0.1) is 0 Å². The summed E-state index contributed by atoms with van der Waals surface area (Å²) in [7, 11) is 0. The quantitative estimate of drug-likeness (QED) is 0.0713. The molecule has 0 bridgehead atoms. The standard InChI is InChI=1S/C36H62N4.C12H24O2/c1-3-5-7-9-15-19-27-37-35-23-31-39(32-24-35)29-21-17-13-11-12-14-18-22-30-40-33-25-36(26-34-40)38-28-20-16-10-8-6-4-2;1-2-3-4-5-6-7-8-9-10-11-12(13)14/h23-26,31-34H,3-22,27-30H2,1-2H3;2-11H2,1H3,(H,13,14). The van der Waals surface area contributed by atoms with Crippen LogP contribution >= 0.6 is 0 Å². The number of aromatic nitrogens is 2. The number of carbonyl (C=O) groups is 1. The highest BCUT2D eigenvalue weighted by Gasteiger charge is 1.98. The van der Waals surface area contributed by atoms with Gasteiger partial charge in [-0.15, -0.1) is 0 Å². The van der Waals surface area contributed by atoms with Crippen molar-refractivity contribution in [1.82, 2.24) is 9.13 Å². The van der Waals surface area contributed by atoms with Gasteiger partial charge in [-0.05, 0) is 56.4 Å². The molecule has 0 saturated heterocycles. The average molecular weight is 751 g/mol. The predicted molar refractivity (Wildman–Crippen MR) is 233 cm³/mol. The summed E-state index contributed by atoms with van der Waals surface area (Å²) in [6, 6.07) is 8.71. The molecule has 0 fully saturated rings. The van der Waals surface area contributed by atoms with Crippen LogP contribution in [0.2, 0.25) is 0 Å². The molecule has 0 aliphatic heterocycles. The number of unbranched alkanes of at least 4 members (excludes halogenated alkanes) is 25. The molecule has 310 valence electrons. The third-order valence-corrected chi connectivity index (χ3v) is 10.4. The lowest BCUT2D eigenvalue weighted by Gasteiger charge is -2.07. The number of hydrogen-bond donors (Lipinski definition) is 1. The molecule has 54 heavy (non-hydrogen) atoms. The van der Waals surface area contributed by atoms with E-state index in [0.717, 1.165) is 49.7 Å². The Morgan fingerprint density at radius 3 is 1.02 bits per heavy atom. The average Bonchev–Trinajstić information content (AvgIpc) is 3.18. The Hall–Kier alpha value is -2.63. The van der Waals surface area contributed by atoms with E-state index in [1.54, 1.807) is 0 Å². The zero-order valence-corrected chi connectivity index (χ0v) is 35.8. The van der Waals surface area contributed by atoms with Crippen LogP contribution in [0.5, 0.6) is 0 Å². The lowest BCUT2D eigenvalue weighted by Crippen LogP contribution is -2.06. The van der Waals surface area contributed by atoms with Gasteiger partial charge in [0.2, 0.25) is 0 Å². The summed E-state index contributed by atoms with van der Waals surface area (Å²) in [6.07, 6.45) is 47.0. The number of carboxylic acids is 1. The molecule has 0 atom stereocenters. The van der Waals surface area contributed by atoms with Crippen molar-refractivity contribution in [1.29, 1.82) is 0 Å². The highest BCUT2D eigenvalue weighted by molar-refractivity contribution is 5.66. The van der Waals surface area contributed by atoms with E-state index in [1.165, 1.54) is 173 Å². The number of hydrogen-bond acceptors (Lipinski definition) is 3. The van der Waals surface area contributed by atoms with Crippen LogP contribution in [-0.4, -0.2) is 33.3 Å². The van der Waals surface area contributed by atoms with Crippen molar-refractivity contribution in [2.75, 3.05) is 13.1 Å². The summed E-state index contributed by atoms with van der Waals surface area (Å²) < 4.78 is 4.63. The van der Waals surface area contributed by atoms with E-state index in [1.807, 2.05) is 0 Å². The molecule has 2 aromatic heterocycles. The molecule has 1 N–H and O–H groups in total. The van der Waals surface area contributed by atoms with Crippen LogP contribution in [0.4, 0.5) is 0 Å².